The monoisotopic (exact) mass is 260 g/mol. The van der Waals surface area contributed by atoms with E-state index in [4.69, 9.17) is 0 Å². The van der Waals surface area contributed by atoms with E-state index in [9.17, 15) is 4.79 Å². The highest BCUT2D eigenvalue weighted by atomic mass is 32.1. The van der Waals surface area contributed by atoms with Crippen LogP contribution in [0.3, 0.4) is 0 Å². The highest BCUT2D eigenvalue weighted by Gasteiger charge is 2.36. The zero-order valence-electron chi connectivity index (χ0n) is 10.9. The molecule has 18 heavy (non-hydrogen) atoms. The van der Waals surface area contributed by atoms with Gasteiger partial charge in [-0.15, -0.1) is 11.3 Å². The number of allylic oxidation sites excluding steroid dienone is 1. The van der Waals surface area contributed by atoms with Crippen LogP contribution in [0.2, 0.25) is 0 Å². The van der Waals surface area contributed by atoms with Gasteiger partial charge >= 0.3 is 0 Å². The average molecular weight is 260 g/mol. The number of aryl methyl sites for hydroxylation is 1. The smallest absolute Gasteiger partial charge is 0.162 e. The van der Waals surface area contributed by atoms with Crippen molar-refractivity contribution in [3.05, 3.63) is 27.5 Å². The Kier molecular flexibility index (Phi) is 3.38. The molecule has 2 aliphatic carbocycles. The van der Waals surface area contributed by atoms with Crippen LogP contribution in [0.5, 0.6) is 0 Å². The quantitative estimate of drug-likeness (QED) is 0.710. The maximum absolute atomic E-state index is 12.5. The van der Waals surface area contributed by atoms with Gasteiger partial charge in [0.1, 0.15) is 0 Å². The van der Waals surface area contributed by atoms with Gasteiger partial charge in [-0.25, -0.2) is 0 Å². The molecule has 0 N–H and O–H groups in total. The van der Waals surface area contributed by atoms with Gasteiger partial charge in [0.25, 0.3) is 0 Å². The first-order chi connectivity index (χ1) is 8.75. The SMILES string of the molecule is Cc1ccsc1C=C1CCC(C2CCCC2)C1=O. The zero-order valence-corrected chi connectivity index (χ0v) is 11.8. The Labute approximate surface area is 113 Å². The number of Topliss-reactive ketones (excluding diaryl/α,β-unsaturated/α-hetero) is 1. The minimum atomic E-state index is 0.346. The normalized spacial score (nSPS) is 27.5. The third-order valence-corrected chi connectivity index (χ3v) is 5.52. The Bertz CT molecular complexity index is 477. The molecule has 2 fully saturated rings. The lowest BCUT2D eigenvalue weighted by Gasteiger charge is -2.15. The zero-order chi connectivity index (χ0) is 12.5. The minimum Gasteiger partial charge on any atom is -0.294 e. The molecule has 0 aliphatic heterocycles. The van der Waals surface area contributed by atoms with Crippen molar-refractivity contribution in [1.82, 2.24) is 0 Å². The van der Waals surface area contributed by atoms with Crippen molar-refractivity contribution in [3.8, 4) is 0 Å². The summed E-state index contributed by atoms with van der Waals surface area (Å²) in [6.45, 7) is 2.12. The molecule has 0 amide bonds. The predicted octanol–water partition coefficient (Wildman–Crippen LogP) is 4.61. The van der Waals surface area contributed by atoms with E-state index in [1.807, 2.05) is 0 Å². The Morgan fingerprint density at radius 3 is 2.72 bits per heavy atom. The molecule has 1 aromatic rings. The first-order valence-corrected chi connectivity index (χ1v) is 7.92. The van der Waals surface area contributed by atoms with E-state index in [2.05, 4.69) is 24.4 Å². The fourth-order valence-corrected chi connectivity index (χ4v) is 4.33. The van der Waals surface area contributed by atoms with Crippen molar-refractivity contribution in [3.63, 3.8) is 0 Å². The first-order valence-electron chi connectivity index (χ1n) is 7.04. The van der Waals surface area contributed by atoms with Crippen LogP contribution in [0.1, 0.15) is 49.0 Å². The van der Waals surface area contributed by atoms with Crippen molar-refractivity contribution in [1.29, 1.82) is 0 Å². The number of carbonyl (C=O) groups is 1. The van der Waals surface area contributed by atoms with Gasteiger partial charge in [0, 0.05) is 10.8 Å². The van der Waals surface area contributed by atoms with Crippen molar-refractivity contribution >= 4 is 23.2 Å². The summed E-state index contributed by atoms with van der Waals surface area (Å²) in [6.07, 6.45) is 9.47. The van der Waals surface area contributed by atoms with E-state index in [0.717, 1.165) is 18.4 Å². The highest BCUT2D eigenvalue weighted by molar-refractivity contribution is 7.11. The number of hydrogen-bond donors (Lipinski definition) is 0. The van der Waals surface area contributed by atoms with Gasteiger partial charge in [0.2, 0.25) is 0 Å². The van der Waals surface area contributed by atoms with E-state index in [-0.39, 0.29) is 0 Å². The van der Waals surface area contributed by atoms with E-state index in [1.54, 1.807) is 11.3 Å². The molecule has 0 aromatic carbocycles. The Hall–Kier alpha value is -0.890. The van der Waals surface area contributed by atoms with Gasteiger partial charge in [0.15, 0.2) is 5.78 Å². The molecule has 1 atom stereocenters. The van der Waals surface area contributed by atoms with Crippen molar-refractivity contribution in [2.75, 3.05) is 0 Å². The van der Waals surface area contributed by atoms with Crippen LogP contribution in [0.15, 0.2) is 17.0 Å². The molecule has 2 heteroatoms. The topological polar surface area (TPSA) is 17.1 Å². The number of hydrogen-bond acceptors (Lipinski definition) is 2. The van der Waals surface area contributed by atoms with Crippen LogP contribution >= 0.6 is 11.3 Å². The molecule has 3 rings (SSSR count). The summed E-state index contributed by atoms with van der Waals surface area (Å²) in [7, 11) is 0. The summed E-state index contributed by atoms with van der Waals surface area (Å²) in [5.41, 5.74) is 2.38. The first kappa shape index (κ1) is 12.2. The molecule has 1 nitrogen and oxygen atoms in total. The molecule has 2 aliphatic rings. The number of carbonyl (C=O) groups excluding carboxylic acids is 1. The molecule has 0 bridgehead atoms. The lowest BCUT2D eigenvalue weighted by Crippen LogP contribution is -2.16. The predicted molar refractivity (Wildman–Crippen MR) is 76.7 cm³/mol. The largest absolute Gasteiger partial charge is 0.294 e. The van der Waals surface area contributed by atoms with Crippen LogP contribution < -0.4 is 0 Å². The fourth-order valence-electron chi connectivity index (χ4n) is 3.45. The molecule has 1 unspecified atom stereocenters. The lowest BCUT2D eigenvalue weighted by atomic mass is 9.88. The van der Waals surface area contributed by atoms with Gasteiger partial charge in [0.05, 0.1) is 0 Å². The molecule has 0 radical (unpaired) electrons. The molecular weight excluding hydrogens is 240 g/mol. The van der Waals surface area contributed by atoms with Crippen molar-refractivity contribution < 1.29 is 4.79 Å². The molecule has 1 aromatic heterocycles. The molecule has 2 saturated carbocycles. The van der Waals surface area contributed by atoms with Crippen LogP contribution in [-0.2, 0) is 4.79 Å². The van der Waals surface area contributed by atoms with E-state index >= 15 is 0 Å². The Balaban J connectivity index is 1.78. The Morgan fingerprint density at radius 1 is 1.28 bits per heavy atom. The third-order valence-electron chi connectivity index (χ3n) is 4.55. The van der Waals surface area contributed by atoms with Crippen LogP contribution in [-0.4, -0.2) is 5.78 Å². The molecular formula is C16H20OS. The van der Waals surface area contributed by atoms with Crippen LogP contribution in [0.4, 0.5) is 0 Å². The van der Waals surface area contributed by atoms with Crippen LogP contribution in [0.25, 0.3) is 6.08 Å². The maximum atomic E-state index is 12.5. The van der Waals surface area contributed by atoms with Crippen molar-refractivity contribution in [2.24, 2.45) is 11.8 Å². The van der Waals surface area contributed by atoms with Gasteiger partial charge in [-0.05, 0) is 67.2 Å². The van der Waals surface area contributed by atoms with Crippen LogP contribution in [0, 0.1) is 18.8 Å². The van der Waals surface area contributed by atoms with Gasteiger partial charge < -0.3 is 0 Å². The molecule has 0 saturated heterocycles. The van der Waals surface area contributed by atoms with E-state index in [0.29, 0.717) is 17.6 Å². The van der Waals surface area contributed by atoms with Crippen molar-refractivity contribution in [2.45, 2.75) is 45.4 Å². The maximum Gasteiger partial charge on any atom is 0.162 e. The second kappa shape index (κ2) is 5.00. The summed E-state index contributed by atoms with van der Waals surface area (Å²) in [6, 6.07) is 2.13. The fraction of sp³-hybridized carbons (Fsp3) is 0.562. The summed E-state index contributed by atoms with van der Waals surface area (Å²) < 4.78 is 0. The number of thiophene rings is 1. The lowest BCUT2D eigenvalue weighted by molar-refractivity contribution is -0.119. The van der Waals surface area contributed by atoms with Gasteiger partial charge in [-0.3, -0.25) is 4.79 Å². The second-order valence-corrected chi connectivity index (χ2v) is 6.64. The summed E-state index contributed by atoms with van der Waals surface area (Å²) in [5, 5.41) is 2.11. The highest BCUT2D eigenvalue weighted by Crippen LogP contribution is 2.41. The van der Waals surface area contributed by atoms with E-state index < -0.39 is 0 Å². The number of rotatable bonds is 2. The van der Waals surface area contributed by atoms with Gasteiger partial charge in [-0.1, -0.05) is 12.8 Å². The summed E-state index contributed by atoms with van der Waals surface area (Å²) >= 11 is 1.74. The molecule has 96 valence electrons. The number of ketones is 1. The minimum absolute atomic E-state index is 0.346. The Morgan fingerprint density at radius 2 is 2.06 bits per heavy atom. The second-order valence-electron chi connectivity index (χ2n) is 5.69. The third kappa shape index (κ3) is 2.18. The molecule has 1 heterocycles. The molecule has 0 spiro atoms. The van der Waals surface area contributed by atoms with Gasteiger partial charge in [-0.2, -0.15) is 0 Å². The van der Waals surface area contributed by atoms with E-state index in [1.165, 1.54) is 36.1 Å². The average Bonchev–Trinajstić information content (AvgIpc) is 3.05. The summed E-state index contributed by atoms with van der Waals surface area (Å²) in [4.78, 5) is 13.7. The standard InChI is InChI=1S/C16H20OS/c1-11-8-9-18-15(11)10-13-6-7-14(16(13)17)12-4-2-3-5-12/h8-10,12,14H,2-7H2,1H3. The summed E-state index contributed by atoms with van der Waals surface area (Å²) in [5.74, 6) is 1.49.